The molecule has 11 nitrogen and oxygen atoms in total. The highest BCUT2D eigenvalue weighted by atomic mass is 35.5. The van der Waals surface area contributed by atoms with Crippen molar-refractivity contribution in [3.63, 3.8) is 0 Å². The minimum absolute atomic E-state index is 0.0669. The lowest BCUT2D eigenvalue weighted by atomic mass is 10.1. The Bertz CT molecular complexity index is 1710. The van der Waals surface area contributed by atoms with Crippen LogP contribution in [0.15, 0.2) is 99.3 Å². The number of ether oxygens (including phenoxy) is 2. The Kier molecular flexibility index (Phi) is 11.1. The average molecular weight is 639 g/mol. The number of sulfonamides is 1. The van der Waals surface area contributed by atoms with Crippen LogP contribution < -0.4 is 20.2 Å². The van der Waals surface area contributed by atoms with Crippen LogP contribution in [0.2, 0.25) is 5.02 Å². The summed E-state index contributed by atoms with van der Waals surface area (Å²) in [6.45, 7) is 0.251. The van der Waals surface area contributed by atoms with Crippen molar-refractivity contribution in [1.29, 1.82) is 0 Å². The Morgan fingerprint density at radius 1 is 0.886 bits per heavy atom. The van der Waals surface area contributed by atoms with E-state index in [1.807, 2.05) is 36.4 Å². The van der Waals surface area contributed by atoms with Crippen molar-refractivity contribution in [3.05, 3.63) is 113 Å². The van der Waals surface area contributed by atoms with Crippen LogP contribution in [0.3, 0.4) is 0 Å². The van der Waals surface area contributed by atoms with Gasteiger partial charge in [0.25, 0.3) is 0 Å². The van der Waals surface area contributed by atoms with Gasteiger partial charge in [-0.2, -0.15) is 9.41 Å². The normalized spacial score (nSPS) is 11.5. The van der Waals surface area contributed by atoms with Crippen LogP contribution in [0.4, 0.5) is 0 Å². The zero-order chi connectivity index (χ0) is 31.5. The molecule has 13 heteroatoms. The van der Waals surface area contributed by atoms with Crippen LogP contribution in [-0.4, -0.2) is 51.5 Å². The summed E-state index contributed by atoms with van der Waals surface area (Å²) in [5.74, 6) is -0.0581. The summed E-state index contributed by atoms with van der Waals surface area (Å²) in [6, 6.07) is 23.7. The quantitative estimate of drug-likeness (QED) is 0.127. The fraction of sp³-hybridized carbons (Fsp3) is 0.194. The third-order valence-electron chi connectivity index (χ3n) is 6.38. The Balaban J connectivity index is 1.33. The SMILES string of the molecule is COc1ccc(CCNC(=O)C(=O)N/N=C/c2ccc(CN(Cc3ccccc3)S(=O)(=O)c3ccc(Cl)cc3)o2)cc1OC. The van der Waals surface area contributed by atoms with Crippen LogP contribution >= 0.6 is 11.6 Å². The van der Waals surface area contributed by atoms with Crippen LogP contribution in [-0.2, 0) is 39.1 Å². The highest BCUT2D eigenvalue weighted by Gasteiger charge is 2.26. The molecule has 0 fully saturated rings. The molecule has 0 bridgehead atoms. The van der Waals surface area contributed by atoms with Gasteiger partial charge in [-0.25, -0.2) is 13.8 Å². The monoisotopic (exact) mass is 638 g/mol. The molecule has 0 spiro atoms. The summed E-state index contributed by atoms with van der Waals surface area (Å²) in [4.78, 5) is 24.4. The number of hydrazone groups is 1. The van der Waals surface area contributed by atoms with E-state index in [1.165, 1.54) is 41.9 Å². The number of nitrogens with one attached hydrogen (secondary N) is 2. The molecule has 1 heterocycles. The fourth-order valence-electron chi connectivity index (χ4n) is 4.13. The molecule has 3 aromatic carbocycles. The standard InChI is InChI=1S/C31H31ClN4O7S/c1-41-28-15-8-22(18-29(28)42-2)16-17-33-30(37)31(38)35-34-19-25-11-12-26(43-25)21-36(20-23-6-4-3-5-7-23)44(39,40)27-13-9-24(32)10-14-27/h3-15,18-19H,16-17,20-21H2,1-2H3,(H,33,37)(H,35,38)/b34-19+. The van der Waals surface area contributed by atoms with Gasteiger partial charge >= 0.3 is 11.8 Å². The maximum absolute atomic E-state index is 13.5. The Labute approximate surface area is 260 Å². The Morgan fingerprint density at radius 3 is 2.32 bits per heavy atom. The molecule has 230 valence electrons. The lowest BCUT2D eigenvalue weighted by Gasteiger charge is -2.21. The number of halogens is 1. The molecule has 2 amide bonds. The van der Waals surface area contributed by atoms with Crippen LogP contribution in [0.5, 0.6) is 11.5 Å². The van der Waals surface area contributed by atoms with Gasteiger partial charge in [0.2, 0.25) is 10.0 Å². The number of methoxy groups -OCH3 is 2. The number of furan rings is 1. The summed E-state index contributed by atoms with van der Waals surface area (Å²) >= 11 is 5.95. The summed E-state index contributed by atoms with van der Waals surface area (Å²) in [6.07, 6.45) is 1.68. The third-order valence-corrected chi connectivity index (χ3v) is 8.44. The van der Waals surface area contributed by atoms with E-state index in [-0.39, 0.29) is 30.3 Å². The summed E-state index contributed by atoms with van der Waals surface area (Å²) in [5, 5.41) is 6.74. The molecule has 1 aromatic heterocycles. The van der Waals surface area contributed by atoms with Crippen molar-refractivity contribution in [1.82, 2.24) is 15.0 Å². The Morgan fingerprint density at radius 2 is 1.61 bits per heavy atom. The first kappa shape index (κ1) is 32.3. The molecule has 0 unspecified atom stereocenters. The summed E-state index contributed by atoms with van der Waals surface area (Å²) < 4.78 is 44.5. The molecule has 0 aliphatic heterocycles. The van der Waals surface area contributed by atoms with E-state index in [0.717, 1.165) is 11.1 Å². The van der Waals surface area contributed by atoms with Gasteiger partial charge in [-0.3, -0.25) is 9.59 Å². The smallest absolute Gasteiger partial charge is 0.329 e. The fourth-order valence-corrected chi connectivity index (χ4v) is 5.65. The molecule has 0 atom stereocenters. The van der Waals surface area contributed by atoms with Crippen molar-refractivity contribution in [3.8, 4) is 11.5 Å². The summed E-state index contributed by atoms with van der Waals surface area (Å²) in [5.41, 5.74) is 3.83. The number of amides is 2. The Hall–Kier alpha value is -4.65. The predicted octanol–water partition coefficient (Wildman–Crippen LogP) is 4.15. The maximum atomic E-state index is 13.5. The zero-order valence-electron chi connectivity index (χ0n) is 24.0. The lowest BCUT2D eigenvalue weighted by molar-refractivity contribution is -0.139. The largest absolute Gasteiger partial charge is 0.493 e. The number of carbonyl (C=O) groups is 2. The van der Waals surface area contributed by atoms with Gasteiger partial charge in [0.1, 0.15) is 11.5 Å². The molecular weight excluding hydrogens is 608 g/mol. The van der Waals surface area contributed by atoms with Crippen LogP contribution in [0.1, 0.15) is 22.6 Å². The van der Waals surface area contributed by atoms with E-state index in [2.05, 4.69) is 15.8 Å². The first-order chi connectivity index (χ1) is 21.2. The van der Waals surface area contributed by atoms with Gasteiger partial charge in [0, 0.05) is 18.1 Å². The average Bonchev–Trinajstić information content (AvgIpc) is 3.48. The van der Waals surface area contributed by atoms with Crippen molar-refractivity contribution >= 4 is 39.7 Å². The molecule has 0 saturated carbocycles. The number of carbonyl (C=O) groups excluding carboxylic acids is 2. The van der Waals surface area contributed by atoms with Crippen molar-refractivity contribution in [2.75, 3.05) is 20.8 Å². The number of rotatable bonds is 13. The van der Waals surface area contributed by atoms with Gasteiger partial charge in [0.15, 0.2) is 11.5 Å². The second-order valence-corrected chi connectivity index (χ2v) is 11.8. The molecule has 4 rings (SSSR count). The van der Waals surface area contributed by atoms with Gasteiger partial charge in [0.05, 0.1) is 31.9 Å². The van der Waals surface area contributed by atoms with E-state index in [0.29, 0.717) is 28.7 Å². The molecule has 0 saturated heterocycles. The van der Waals surface area contributed by atoms with Crippen molar-refractivity contribution in [2.45, 2.75) is 24.4 Å². The number of hydrogen-bond acceptors (Lipinski definition) is 8. The lowest BCUT2D eigenvalue weighted by Crippen LogP contribution is -2.38. The molecule has 0 radical (unpaired) electrons. The van der Waals surface area contributed by atoms with E-state index in [4.69, 9.17) is 25.5 Å². The van der Waals surface area contributed by atoms with Gasteiger partial charge in [-0.1, -0.05) is 48.0 Å². The highest BCUT2D eigenvalue weighted by molar-refractivity contribution is 7.89. The molecule has 44 heavy (non-hydrogen) atoms. The number of nitrogens with zero attached hydrogens (tertiary/aromatic N) is 2. The predicted molar refractivity (Wildman–Crippen MR) is 165 cm³/mol. The van der Waals surface area contributed by atoms with E-state index in [9.17, 15) is 18.0 Å². The first-order valence-corrected chi connectivity index (χ1v) is 15.2. The van der Waals surface area contributed by atoms with Gasteiger partial charge in [-0.05, 0) is 66.1 Å². The summed E-state index contributed by atoms with van der Waals surface area (Å²) in [7, 11) is -0.831. The van der Waals surface area contributed by atoms with E-state index >= 15 is 0 Å². The van der Waals surface area contributed by atoms with Gasteiger partial charge in [-0.15, -0.1) is 0 Å². The minimum Gasteiger partial charge on any atom is -0.493 e. The highest BCUT2D eigenvalue weighted by Crippen LogP contribution is 2.27. The second kappa shape index (κ2) is 15.2. The molecule has 4 aromatic rings. The number of hydrogen-bond donors (Lipinski definition) is 2. The molecule has 2 N–H and O–H groups in total. The maximum Gasteiger partial charge on any atom is 0.329 e. The first-order valence-electron chi connectivity index (χ1n) is 13.4. The third kappa shape index (κ3) is 8.69. The minimum atomic E-state index is -3.91. The second-order valence-electron chi connectivity index (χ2n) is 9.41. The topological polar surface area (TPSA) is 140 Å². The van der Waals surface area contributed by atoms with Crippen LogP contribution in [0.25, 0.3) is 0 Å². The molecular formula is C31H31ClN4O7S. The van der Waals surface area contributed by atoms with Gasteiger partial charge < -0.3 is 19.2 Å². The van der Waals surface area contributed by atoms with Crippen molar-refractivity contribution < 1.29 is 31.9 Å². The van der Waals surface area contributed by atoms with Crippen molar-refractivity contribution in [2.24, 2.45) is 5.10 Å². The van der Waals surface area contributed by atoms with E-state index in [1.54, 1.807) is 31.4 Å². The molecule has 0 aliphatic carbocycles. The van der Waals surface area contributed by atoms with Crippen LogP contribution in [0, 0.1) is 0 Å². The number of benzene rings is 3. The zero-order valence-corrected chi connectivity index (χ0v) is 25.6. The van der Waals surface area contributed by atoms with E-state index < -0.39 is 21.8 Å². The molecule has 0 aliphatic rings.